The van der Waals surface area contributed by atoms with E-state index >= 15 is 0 Å². The highest BCUT2D eigenvalue weighted by atomic mass is 16.3. The predicted octanol–water partition coefficient (Wildman–Crippen LogP) is 3.45. The second-order valence-electron chi connectivity index (χ2n) is 7.31. The van der Waals surface area contributed by atoms with Gasteiger partial charge in [0.25, 0.3) is 5.91 Å². The van der Waals surface area contributed by atoms with E-state index in [1.165, 1.54) is 6.42 Å². The summed E-state index contributed by atoms with van der Waals surface area (Å²) < 4.78 is 5.81. The maximum absolute atomic E-state index is 12.5. The molecule has 26 heavy (non-hydrogen) atoms. The molecule has 1 saturated carbocycles. The number of anilines is 1. The Morgan fingerprint density at radius 2 is 2.19 bits per heavy atom. The molecule has 1 aromatic carbocycles. The first-order valence-corrected chi connectivity index (χ1v) is 9.15. The average Bonchev–Trinajstić information content (AvgIpc) is 3.04. The first-order valence-electron chi connectivity index (χ1n) is 9.15. The fourth-order valence-electron chi connectivity index (χ4n) is 3.65. The molecule has 2 N–H and O–H groups in total. The van der Waals surface area contributed by atoms with Crippen molar-refractivity contribution in [3.8, 4) is 0 Å². The van der Waals surface area contributed by atoms with E-state index in [1.807, 2.05) is 24.3 Å². The number of benzene rings is 1. The van der Waals surface area contributed by atoms with E-state index < -0.39 is 0 Å². The number of hydrogen-bond acceptors (Lipinski definition) is 5. The van der Waals surface area contributed by atoms with Crippen LogP contribution in [0.2, 0.25) is 0 Å². The van der Waals surface area contributed by atoms with Crippen LogP contribution in [-0.4, -0.2) is 39.6 Å². The SMILES string of the molecule is CN1CCCC1c1cc(C(=O)Nc2ccc3nc(C4CC4)oc3c2)n[nH]1. The summed E-state index contributed by atoms with van der Waals surface area (Å²) in [6.45, 7) is 1.07. The second-order valence-corrected chi connectivity index (χ2v) is 7.31. The van der Waals surface area contributed by atoms with E-state index in [2.05, 4.69) is 32.4 Å². The van der Waals surface area contributed by atoms with Crippen LogP contribution < -0.4 is 5.32 Å². The number of aromatic nitrogens is 3. The van der Waals surface area contributed by atoms with Crippen molar-refractivity contribution in [1.82, 2.24) is 20.1 Å². The molecule has 134 valence electrons. The summed E-state index contributed by atoms with van der Waals surface area (Å²) in [6.07, 6.45) is 4.55. The lowest BCUT2D eigenvalue weighted by atomic mass is 10.1. The van der Waals surface area contributed by atoms with Crippen LogP contribution in [0.1, 0.15) is 59.7 Å². The molecule has 1 aliphatic carbocycles. The first kappa shape index (κ1) is 15.6. The summed E-state index contributed by atoms with van der Waals surface area (Å²) in [5.41, 5.74) is 3.62. The number of rotatable bonds is 4. The minimum atomic E-state index is -0.227. The quantitative estimate of drug-likeness (QED) is 0.752. The van der Waals surface area contributed by atoms with Gasteiger partial charge < -0.3 is 9.73 Å². The van der Waals surface area contributed by atoms with Crippen molar-refractivity contribution in [3.63, 3.8) is 0 Å². The highest BCUT2D eigenvalue weighted by molar-refractivity contribution is 6.03. The van der Waals surface area contributed by atoms with E-state index in [0.29, 0.717) is 28.9 Å². The topological polar surface area (TPSA) is 87.1 Å². The molecule has 7 nitrogen and oxygen atoms in total. The maximum Gasteiger partial charge on any atom is 0.276 e. The number of nitrogens with zero attached hydrogens (tertiary/aromatic N) is 3. The van der Waals surface area contributed by atoms with E-state index in [0.717, 1.165) is 42.9 Å². The van der Waals surface area contributed by atoms with Gasteiger partial charge in [0.15, 0.2) is 17.2 Å². The van der Waals surface area contributed by atoms with Gasteiger partial charge in [0.1, 0.15) is 5.52 Å². The lowest BCUT2D eigenvalue weighted by Crippen LogP contribution is -2.17. The molecule has 1 atom stereocenters. The zero-order chi connectivity index (χ0) is 17.7. The molecule has 2 aliphatic rings. The summed E-state index contributed by atoms with van der Waals surface area (Å²) in [4.78, 5) is 19.3. The molecule has 1 saturated heterocycles. The Morgan fingerprint density at radius 3 is 2.96 bits per heavy atom. The Hall–Kier alpha value is -2.67. The van der Waals surface area contributed by atoms with Gasteiger partial charge in [-0.15, -0.1) is 0 Å². The van der Waals surface area contributed by atoms with Gasteiger partial charge in [-0.3, -0.25) is 14.8 Å². The summed E-state index contributed by atoms with van der Waals surface area (Å²) >= 11 is 0. The number of oxazole rings is 1. The van der Waals surface area contributed by atoms with Gasteiger partial charge in [0.2, 0.25) is 0 Å². The van der Waals surface area contributed by atoms with Crippen LogP contribution in [0.25, 0.3) is 11.1 Å². The van der Waals surface area contributed by atoms with Gasteiger partial charge in [-0.2, -0.15) is 5.10 Å². The number of carbonyl (C=O) groups excluding carboxylic acids is 1. The normalized spacial score (nSPS) is 20.7. The summed E-state index contributed by atoms with van der Waals surface area (Å²) in [5.74, 6) is 1.05. The molecule has 3 heterocycles. The molecule has 0 radical (unpaired) electrons. The predicted molar refractivity (Wildman–Crippen MR) is 97.1 cm³/mol. The monoisotopic (exact) mass is 351 g/mol. The molecular weight excluding hydrogens is 330 g/mol. The molecule has 2 aromatic heterocycles. The van der Waals surface area contributed by atoms with Gasteiger partial charge in [0, 0.05) is 17.7 Å². The molecule has 0 bridgehead atoms. The van der Waals surface area contributed by atoms with Crippen molar-refractivity contribution < 1.29 is 9.21 Å². The van der Waals surface area contributed by atoms with Crippen molar-refractivity contribution in [2.45, 2.75) is 37.6 Å². The van der Waals surface area contributed by atoms with E-state index in [9.17, 15) is 4.79 Å². The molecule has 5 rings (SSSR count). The minimum absolute atomic E-state index is 0.227. The van der Waals surface area contributed by atoms with Crippen molar-refractivity contribution in [3.05, 3.63) is 41.5 Å². The Labute approximate surface area is 150 Å². The highest BCUT2D eigenvalue weighted by Gasteiger charge is 2.29. The molecule has 1 amide bonds. The fraction of sp³-hybridized carbons (Fsp3) is 0.421. The van der Waals surface area contributed by atoms with Crippen molar-refractivity contribution in [2.75, 3.05) is 18.9 Å². The number of aromatic amines is 1. The van der Waals surface area contributed by atoms with Gasteiger partial charge in [-0.25, -0.2) is 4.98 Å². The largest absolute Gasteiger partial charge is 0.440 e. The molecule has 3 aromatic rings. The summed E-state index contributed by atoms with van der Waals surface area (Å²) in [5, 5.41) is 10.1. The lowest BCUT2D eigenvalue weighted by molar-refractivity contribution is 0.102. The van der Waals surface area contributed by atoms with Crippen LogP contribution in [0.15, 0.2) is 28.7 Å². The van der Waals surface area contributed by atoms with Crippen LogP contribution in [0, 0.1) is 0 Å². The summed E-state index contributed by atoms with van der Waals surface area (Å²) in [7, 11) is 2.10. The van der Waals surface area contributed by atoms with E-state index in [1.54, 1.807) is 0 Å². The lowest BCUT2D eigenvalue weighted by Gasteiger charge is -2.16. The Balaban J connectivity index is 1.33. The van der Waals surface area contributed by atoms with Crippen molar-refractivity contribution in [2.24, 2.45) is 0 Å². The van der Waals surface area contributed by atoms with Crippen LogP contribution in [0.3, 0.4) is 0 Å². The number of hydrogen-bond donors (Lipinski definition) is 2. The highest BCUT2D eigenvalue weighted by Crippen LogP contribution is 2.40. The molecule has 7 heteroatoms. The smallest absolute Gasteiger partial charge is 0.276 e. The minimum Gasteiger partial charge on any atom is -0.440 e. The standard InChI is InChI=1S/C19H21N5O2/c1-24-8-2-3-16(24)14-10-15(23-22-14)18(25)20-12-6-7-13-17(9-12)26-19(21-13)11-4-5-11/h6-7,9-11,16H,2-5,8H2,1H3,(H,20,25)(H,22,23). The van der Waals surface area contributed by atoms with Crippen LogP contribution >= 0.6 is 0 Å². The second kappa shape index (κ2) is 5.95. The maximum atomic E-state index is 12.5. The molecular formula is C19H21N5O2. The zero-order valence-corrected chi connectivity index (χ0v) is 14.7. The van der Waals surface area contributed by atoms with Gasteiger partial charge in [-0.1, -0.05) is 0 Å². The molecule has 1 aliphatic heterocycles. The van der Waals surface area contributed by atoms with Gasteiger partial charge >= 0.3 is 0 Å². The Kier molecular flexibility index (Phi) is 3.56. The molecule has 0 spiro atoms. The number of likely N-dealkylation sites (tertiary alicyclic amines) is 1. The van der Waals surface area contributed by atoms with Crippen LogP contribution in [0.5, 0.6) is 0 Å². The van der Waals surface area contributed by atoms with Gasteiger partial charge in [-0.05, 0) is 57.5 Å². The number of fused-ring (bicyclic) bond motifs is 1. The third kappa shape index (κ3) is 2.78. The van der Waals surface area contributed by atoms with E-state index in [4.69, 9.17) is 4.42 Å². The van der Waals surface area contributed by atoms with Crippen LogP contribution in [-0.2, 0) is 0 Å². The first-order chi connectivity index (χ1) is 12.7. The molecule has 2 fully saturated rings. The number of nitrogens with one attached hydrogen (secondary N) is 2. The third-order valence-corrected chi connectivity index (χ3v) is 5.30. The van der Waals surface area contributed by atoms with Crippen LogP contribution in [0.4, 0.5) is 5.69 Å². The number of carbonyl (C=O) groups is 1. The molecule has 1 unspecified atom stereocenters. The number of amides is 1. The third-order valence-electron chi connectivity index (χ3n) is 5.30. The van der Waals surface area contributed by atoms with E-state index in [-0.39, 0.29) is 5.91 Å². The average molecular weight is 351 g/mol. The zero-order valence-electron chi connectivity index (χ0n) is 14.7. The number of H-pyrrole nitrogens is 1. The van der Waals surface area contributed by atoms with Crippen molar-refractivity contribution >= 4 is 22.7 Å². The summed E-state index contributed by atoms with van der Waals surface area (Å²) in [6, 6.07) is 7.71. The fourth-order valence-corrected chi connectivity index (χ4v) is 3.65. The van der Waals surface area contributed by atoms with Gasteiger partial charge in [0.05, 0.1) is 11.7 Å². The Bertz CT molecular complexity index is 971. The Morgan fingerprint density at radius 1 is 1.31 bits per heavy atom. The van der Waals surface area contributed by atoms with Crippen molar-refractivity contribution in [1.29, 1.82) is 0 Å².